The molecule has 0 aliphatic rings. The Morgan fingerprint density at radius 1 is 0.295 bits per heavy atom. The number of hydrogen-bond acceptors (Lipinski definition) is 0. The maximum Gasteiger partial charge on any atom is -0.00264 e. The van der Waals surface area contributed by atoms with Gasteiger partial charge < -0.3 is 0 Å². The lowest BCUT2D eigenvalue weighted by molar-refractivity contribution is 1.61. The van der Waals surface area contributed by atoms with Crippen LogP contribution in [-0.2, 0) is 0 Å². The minimum atomic E-state index is -0.124. The Hall–Kier alpha value is -4.08. The lowest BCUT2D eigenvalue weighted by Gasteiger charge is -2.18. The highest BCUT2D eigenvalue weighted by molar-refractivity contribution is 7.64. The number of benzene rings is 7. The van der Waals surface area contributed by atoms with Crippen LogP contribution in [0.4, 0.5) is 0 Å². The third-order valence-electron chi connectivity index (χ3n) is 8.67. The molecule has 0 spiro atoms. The Labute approximate surface area is 263 Å². The van der Waals surface area contributed by atoms with E-state index in [1.165, 1.54) is 76.7 Å². The fourth-order valence-corrected chi connectivity index (χ4v) is 7.90. The lowest BCUT2D eigenvalue weighted by Crippen LogP contribution is -1.98. The minimum Gasteiger partial charge on any atom is -0.0817 e. The largest absolute Gasteiger partial charge is 0.0817 e. The van der Waals surface area contributed by atoms with Crippen LogP contribution in [0.25, 0.3) is 66.1 Å². The maximum absolute atomic E-state index is 2.35. The lowest BCUT2D eigenvalue weighted by atomic mass is 9.85. The molecule has 0 unspecified atom stereocenters. The van der Waals surface area contributed by atoms with Gasteiger partial charge in [-0.15, -0.1) is 0 Å². The van der Waals surface area contributed by atoms with Gasteiger partial charge in [0.1, 0.15) is 0 Å². The molecule has 0 heterocycles. The molecular formula is C42H36P2. The second-order valence-electron chi connectivity index (χ2n) is 11.9. The third kappa shape index (κ3) is 5.39. The summed E-state index contributed by atoms with van der Waals surface area (Å²) < 4.78 is 0. The molecule has 214 valence electrons. The fraction of sp³-hybridized carbons (Fsp3) is 0.0952. The van der Waals surface area contributed by atoms with Gasteiger partial charge in [0.2, 0.25) is 0 Å². The van der Waals surface area contributed by atoms with Crippen LogP contribution in [0.1, 0.15) is 0 Å². The Morgan fingerprint density at radius 2 is 0.614 bits per heavy atom. The first-order valence-electron chi connectivity index (χ1n) is 15.2. The van der Waals surface area contributed by atoms with Gasteiger partial charge in [0.05, 0.1) is 0 Å². The molecule has 0 aliphatic heterocycles. The molecule has 0 saturated heterocycles. The van der Waals surface area contributed by atoms with E-state index in [0.29, 0.717) is 0 Å². The van der Waals surface area contributed by atoms with E-state index >= 15 is 0 Å². The van der Waals surface area contributed by atoms with E-state index < -0.39 is 0 Å². The molecule has 2 heteroatoms. The summed E-state index contributed by atoms with van der Waals surface area (Å²) in [5.41, 5.74) is 10.2. The van der Waals surface area contributed by atoms with Gasteiger partial charge in [0, 0.05) is 0 Å². The van der Waals surface area contributed by atoms with Crippen molar-refractivity contribution < 1.29 is 0 Å². The average molecular weight is 603 g/mol. The monoisotopic (exact) mass is 602 g/mol. The summed E-state index contributed by atoms with van der Waals surface area (Å²) in [6, 6.07) is 54.2. The number of hydrogen-bond donors (Lipinski definition) is 0. The van der Waals surface area contributed by atoms with Crippen LogP contribution in [-0.4, -0.2) is 26.7 Å². The van der Waals surface area contributed by atoms with E-state index in [0.717, 1.165) is 0 Å². The van der Waals surface area contributed by atoms with Crippen LogP contribution in [0.15, 0.2) is 146 Å². The number of rotatable bonds is 6. The van der Waals surface area contributed by atoms with Gasteiger partial charge in [0.15, 0.2) is 0 Å². The minimum absolute atomic E-state index is 0.124. The Morgan fingerprint density at radius 3 is 0.932 bits per heavy atom. The van der Waals surface area contributed by atoms with Gasteiger partial charge in [-0.25, -0.2) is 0 Å². The van der Waals surface area contributed by atoms with E-state index in [4.69, 9.17) is 0 Å². The van der Waals surface area contributed by atoms with Crippen molar-refractivity contribution in [3.05, 3.63) is 146 Å². The van der Waals surface area contributed by atoms with Crippen LogP contribution in [0, 0.1) is 0 Å². The van der Waals surface area contributed by atoms with Crippen LogP contribution >= 0.6 is 15.8 Å². The van der Waals surface area contributed by atoms with Gasteiger partial charge >= 0.3 is 0 Å². The number of fused-ring (bicyclic) bond motifs is 2. The summed E-state index contributed by atoms with van der Waals surface area (Å²) in [4.78, 5) is 0. The Balaban J connectivity index is 1.35. The van der Waals surface area contributed by atoms with Crippen molar-refractivity contribution in [2.24, 2.45) is 0 Å². The highest BCUT2D eigenvalue weighted by Gasteiger charge is 2.17. The second-order valence-corrected chi connectivity index (χ2v) is 16.5. The smallest absolute Gasteiger partial charge is 0.00264 e. The summed E-state index contributed by atoms with van der Waals surface area (Å²) in [6.45, 7) is 9.27. The first kappa shape index (κ1) is 28.7. The van der Waals surface area contributed by atoms with Gasteiger partial charge in [-0.2, -0.15) is 0 Å². The summed E-state index contributed by atoms with van der Waals surface area (Å²) in [5.74, 6) is 0. The van der Waals surface area contributed by atoms with Crippen molar-refractivity contribution in [1.82, 2.24) is 0 Å². The highest BCUT2D eigenvalue weighted by atomic mass is 31.1. The molecule has 44 heavy (non-hydrogen) atoms. The molecule has 7 rings (SSSR count). The first-order valence-corrected chi connectivity index (χ1v) is 19.6. The third-order valence-corrected chi connectivity index (χ3v) is 11.3. The molecule has 0 nitrogen and oxygen atoms in total. The van der Waals surface area contributed by atoms with E-state index in [9.17, 15) is 0 Å². The Kier molecular flexibility index (Phi) is 7.91. The fourth-order valence-electron chi connectivity index (χ4n) is 6.34. The van der Waals surface area contributed by atoms with Crippen molar-refractivity contribution in [3.63, 3.8) is 0 Å². The predicted molar refractivity (Wildman–Crippen MR) is 200 cm³/mol. The van der Waals surface area contributed by atoms with Crippen LogP contribution < -0.4 is 10.6 Å². The predicted octanol–water partition coefficient (Wildman–Crippen LogP) is 11.4. The van der Waals surface area contributed by atoms with Gasteiger partial charge in [-0.05, 0) is 115 Å². The summed E-state index contributed by atoms with van der Waals surface area (Å²) >= 11 is 0. The molecule has 0 radical (unpaired) electrons. The molecule has 0 fully saturated rings. The first-order chi connectivity index (χ1) is 21.5. The molecule has 0 saturated carbocycles. The van der Waals surface area contributed by atoms with Crippen molar-refractivity contribution >= 4 is 48.0 Å². The SMILES string of the molecule is CP(C)c1cccc(-c2ccc(-c3c4ccccc4c(-c4ccc(-c5cccc(P(C)C)c5)cc4)c4ccccc34)cc2)c1. The van der Waals surface area contributed by atoms with E-state index in [1.807, 2.05) is 0 Å². The van der Waals surface area contributed by atoms with Gasteiger partial charge in [-0.3, -0.25) is 0 Å². The molecule has 0 amide bonds. The summed E-state index contributed by atoms with van der Waals surface area (Å²) in [6.07, 6.45) is 0. The van der Waals surface area contributed by atoms with Crippen molar-refractivity contribution in [1.29, 1.82) is 0 Å². The van der Waals surface area contributed by atoms with Gasteiger partial charge in [0.25, 0.3) is 0 Å². The van der Waals surface area contributed by atoms with Gasteiger partial charge in [-0.1, -0.05) is 149 Å². The second kappa shape index (κ2) is 12.1. The molecule has 0 bridgehead atoms. The standard InChI is InChI=1S/C42H36P2/c1-43(2)35-13-9-11-33(27-35)29-19-23-31(24-20-29)41-37-15-5-7-17-39(37)42(40-18-8-6-16-38(40)41)32-25-21-30(22-26-32)34-12-10-14-36(28-34)44(3)4/h5-28H,1-4H3. The van der Waals surface area contributed by atoms with E-state index in [2.05, 4.69) is 172 Å². The zero-order chi connectivity index (χ0) is 30.2. The van der Waals surface area contributed by atoms with Crippen LogP contribution in [0.5, 0.6) is 0 Å². The maximum atomic E-state index is 2.35. The molecular weight excluding hydrogens is 566 g/mol. The van der Waals surface area contributed by atoms with Crippen LogP contribution in [0.3, 0.4) is 0 Å². The summed E-state index contributed by atoms with van der Waals surface area (Å²) in [7, 11) is -0.248. The average Bonchev–Trinajstić information content (AvgIpc) is 3.07. The van der Waals surface area contributed by atoms with Crippen molar-refractivity contribution in [2.45, 2.75) is 0 Å². The quantitative estimate of drug-likeness (QED) is 0.131. The normalized spacial score (nSPS) is 11.6. The molecule has 7 aromatic carbocycles. The molecule has 0 aromatic heterocycles. The zero-order valence-corrected chi connectivity index (χ0v) is 27.5. The Bertz CT molecular complexity index is 1890. The molecule has 0 aliphatic carbocycles. The zero-order valence-electron chi connectivity index (χ0n) is 25.8. The van der Waals surface area contributed by atoms with Crippen molar-refractivity contribution in [3.8, 4) is 44.5 Å². The highest BCUT2D eigenvalue weighted by Crippen LogP contribution is 2.44. The van der Waals surface area contributed by atoms with E-state index in [1.54, 1.807) is 0 Å². The van der Waals surface area contributed by atoms with E-state index in [-0.39, 0.29) is 15.8 Å². The summed E-state index contributed by atoms with van der Waals surface area (Å²) in [5, 5.41) is 8.02. The van der Waals surface area contributed by atoms with Crippen molar-refractivity contribution in [2.75, 3.05) is 26.7 Å². The molecule has 0 atom stereocenters. The molecule has 0 N–H and O–H groups in total. The van der Waals surface area contributed by atoms with Crippen LogP contribution in [0.2, 0.25) is 0 Å². The molecule has 7 aromatic rings. The topological polar surface area (TPSA) is 0 Å².